The van der Waals surface area contributed by atoms with Crippen LogP contribution in [-0.4, -0.2) is 30.7 Å². The van der Waals surface area contributed by atoms with E-state index < -0.39 is 12.7 Å². The molecule has 2 rings (SSSR count). The van der Waals surface area contributed by atoms with E-state index in [1.807, 2.05) is 19.1 Å². The molecule has 0 fully saturated rings. The fraction of sp³-hybridized carbons (Fsp3) is 0.571. The van der Waals surface area contributed by atoms with E-state index >= 15 is 0 Å². The minimum atomic E-state index is -4.11. The van der Waals surface area contributed by atoms with E-state index in [1.54, 1.807) is 0 Å². The molecule has 0 saturated heterocycles. The summed E-state index contributed by atoms with van der Waals surface area (Å²) in [5.41, 5.74) is 3.41. The van der Waals surface area contributed by atoms with Gasteiger partial charge in [-0.1, -0.05) is 25.1 Å². The Kier molecular flexibility index (Phi) is 4.47. The number of alkyl halides is 3. The largest absolute Gasteiger partial charge is 0.401 e. The van der Waals surface area contributed by atoms with Crippen LogP contribution >= 0.6 is 0 Å². The first-order valence-electron chi connectivity index (χ1n) is 6.58. The Morgan fingerprint density at radius 3 is 2.74 bits per heavy atom. The number of hydrogen-bond acceptors (Lipinski definition) is 2. The van der Waals surface area contributed by atoms with Crippen molar-refractivity contribution in [3.05, 3.63) is 34.9 Å². The van der Waals surface area contributed by atoms with Gasteiger partial charge in [0.2, 0.25) is 0 Å². The van der Waals surface area contributed by atoms with E-state index in [1.165, 1.54) is 16.0 Å². The van der Waals surface area contributed by atoms with Crippen molar-refractivity contribution in [1.29, 1.82) is 0 Å². The van der Waals surface area contributed by atoms with Gasteiger partial charge in [-0.15, -0.1) is 0 Å². The Morgan fingerprint density at radius 1 is 1.26 bits per heavy atom. The topological polar surface area (TPSA) is 15.3 Å². The molecule has 5 heteroatoms. The summed E-state index contributed by atoms with van der Waals surface area (Å²) in [7, 11) is 0. The average Bonchev–Trinajstić information content (AvgIpc) is 2.34. The molecule has 0 atom stereocenters. The number of fused-ring (bicyclic) bond motifs is 1. The number of nitrogens with one attached hydrogen (secondary N) is 1. The summed E-state index contributed by atoms with van der Waals surface area (Å²) in [4.78, 5) is 1.46. The first-order chi connectivity index (χ1) is 8.98. The molecule has 19 heavy (non-hydrogen) atoms. The molecule has 0 amide bonds. The maximum absolute atomic E-state index is 12.4. The number of hydrogen-bond donors (Lipinski definition) is 1. The lowest BCUT2D eigenvalue weighted by atomic mass is 9.97. The molecular formula is C14H19F3N2. The summed E-state index contributed by atoms with van der Waals surface area (Å²) in [6.45, 7) is 3.85. The lowest BCUT2D eigenvalue weighted by Crippen LogP contribution is -2.38. The van der Waals surface area contributed by atoms with Crippen LogP contribution in [0, 0.1) is 0 Å². The van der Waals surface area contributed by atoms with Crippen molar-refractivity contribution in [3.8, 4) is 0 Å². The fourth-order valence-electron chi connectivity index (χ4n) is 2.43. The Balaban J connectivity index is 2.02. The molecule has 1 heterocycles. The van der Waals surface area contributed by atoms with Gasteiger partial charge in [-0.2, -0.15) is 13.2 Å². The molecule has 0 bridgehead atoms. The second kappa shape index (κ2) is 5.92. The molecule has 0 aromatic heterocycles. The van der Waals surface area contributed by atoms with Crippen molar-refractivity contribution in [1.82, 2.24) is 10.2 Å². The standard InChI is InChI=1S/C14H19F3N2/c1-2-18-8-11-3-4-13-9-19(10-14(15,16)17)6-5-12(13)7-11/h3-4,7,18H,2,5-6,8-10H2,1H3. The van der Waals surface area contributed by atoms with Crippen LogP contribution in [0.3, 0.4) is 0 Å². The van der Waals surface area contributed by atoms with Gasteiger partial charge in [-0.3, -0.25) is 4.90 Å². The molecule has 0 saturated carbocycles. The summed E-state index contributed by atoms with van der Waals surface area (Å²) in [6, 6.07) is 6.08. The van der Waals surface area contributed by atoms with Crippen LogP contribution in [0.5, 0.6) is 0 Å². The zero-order chi connectivity index (χ0) is 13.9. The van der Waals surface area contributed by atoms with Gasteiger partial charge < -0.3 is 5.32 Å². The van der Waals surface area contributed by atoms with Crippen LogP contribution in [0.4, 0.5) is 13.2 Å². The summed E-state index contributed by atoms with van der Waals surface area (Å²) in [5, 5.41) is 3.25. The summed E-state index contributed by atoms with van der Waals surface area (Å²) < 4.78 is 37.1. The molecule has 0 aliphatic carbocycles. The third-order valence-electron chi connectivity index (χ3n) is 3.34. The minimum absolute atomic E-state index is 0.399. The van der Waals surface area contributed by atoms with Crippen molar-refractivity contribution in [2.24, 2.45) is 0 Å². The summed E-state index contributed by atoms with van der Waals surface area (Å²) in [6.07, 6.45) is -3.41. The van der Waals surface area contributed by atoms with E-state index in [0.717, 1.165) is 18.7 Å². The molecule has 1 N–H and O–H groups in total. The normalized spacial score (nSPS) is 16.4. The van der Waals surface area contributed by atoms with Gasteiger partial charge in [0, 0.05) is 19.6 Å². The lowest BCUT2D eigenvalue weighted by Gasteiger charge is -2.29. The SMILES string of the molecule is CCNCc1ccc2c(c1)CCN(CC(F)(F)F)C2. The van der Waals surface area contributed by atoms with E-state index in [9.17, 15) is 13.2 Å². The Bertz CT molecular complexity index is 429. The third kappa shape index (κ3) is 4.21. The number of halogens is 3. The highest BCUT2D eigenvalue weighted by Crippen LogP contribution is 2.24. The summed E-state index contributed by atoms with van der Waals surface area (Å²) in [5.74, 6) is 0. The zero-order valence-corrected chi connectivity index (χ0v) is 11.1. The Labute approximate surface area is 111 Å². The maximum atomic E-state index is 12.4. The second-order valence-electron chi connectivity index (χ2n) is 4.96. The second-order valence-corrected chi connectivity index (χ2v) is 4.96. The van der Waals surface area contributed by atoms with Crippen molar-refractivity contribution < 1.29 is 13.2 Å². The molecule has 106 valence electrons. The average molecular weight is 272 g/mol. The summed E-state index contributed by atoms with van der Waals surface area (Å²) >= 11 is 0. The van der Waals surface area contributed by atoms with Crippen molar-refractivity contribution in [2.45, 2.75) is 32.6 Å². The predicted octanol–water partition coefficient (Wildman–Crippen LogP) is 2.72. The van der Waals surface area contributed by atoms with Crippen LogP contribution in [0.25, 0.3) is 0 Å². The van der Waals surface area contributed by atoms with Gasteiger partial charge >= 0.3 is 6.18 Å². The van der Waals surface area contributed by atoms with Gasteiger partial charge in [0.05, 0.1) is 6.54 Å². The molecule has 0 unspecified atom stereocenters. The van der Waals surface area contributed by atoms with Gasteiger partial charge in [0.1, 0.15) is 0 Å². The molecule has 1 aliphatic rings. The highest BCUT2D eigenvalue weighted by atomic mass is 19.4. The molecule has 1 aliphatic heterocycles. The van der Waals surface area contributed by atoms with E-state index in [-0.39, 0.29) is 0 Å². The van der Waals surface area contributed by atoms with Crippen LogP contribution in [-0.2, 0) is 19.5 Å². The van der Waals surface area contributed by atoms with Crippen LogP contribution < -0.4 is 5.32 Å². The first-order valence-corrected chi connectivity index (χ1v) is 6.58. The minimum Gasteiger partial charge on any atom is -0.313 e. The number of rotatable bonds is 4. The number of benzene rings is 1. The number of nitrogens with zero attached hydrogens (tertiary/aromatic N) is 1. The van der Waals surface area contributed by atoms with Crippen molar-refractivity contribution in [3.63, 3.8) is 0 Å². The van der Waals surface area contributed by atoms with E-state index in [2.05, 4.69) is 11.4 Å². The zero-order valence-electron chi connectivity index (χ0n) is 11.1. The molecule has 1 aromatic rings. The van der Waals surface area contributed by atoms with Gasteiger partial charge in [0.25, 0.3) is 0 Å². The fourth-order valence-corrected chi connectivity index (χ4v) is 2.43. The van der Waals surface area contributed by atoms with Crippen molar-refractivity contribution in [2.75, 3.05) is 19.6 Å². The van der Waals surface area contributed by atoms with Gasteiger partial charge in [-0.25, -0.2) is 0 Å². The maximum Gasteiger partial charge on any atom is 0.401 e. The van der Waals surface area contributed by atoms with Crippen molar-refractivity contribution >= 4 is 0 Å². The highest BCUT2D eigenvalue weighted by Gasteiger charge is 2.32. The molecular weight excluding hydrogens is 253 g/mol. The van der Waals surface area contributed by atoms with E-state index in [4.69, 9.17) is 0 Å². The Morgan fingerprint density at radius 2 is 2.05 bits per heavy atom. The Hall–Kier alpha value is -1.07. The molecule has 0 spiro atoms. The first kappa shape index (κ1) is 14.3. The van der Waals surface area contributed by atoms with Gasteiger partial charge in [-0.05, 0) is 29.7 Å². The van der Waals surface area contributed by atoms with Gasteiger partial charge in [0.15, 0.2) is 0 Å². The van der Waals surface area contributed by atoms with E-state index in [0.29, 0.717) is 19.5 Å². The quantitative estimate of drug-likeness (QED) is 0.906. The van der Waals surface area contributed by atoms with Crippen LogP contribution in [0.2, 0.25) is 0 Å². The highest BCUT2D eigenvalue weighted by molar-refractivity contribution is 5.33. The smallest absolute Gasteiger partial charge is 0.313 e. The lowest BCUT2D eigenvalue weighted by molar-refractivity contribution is -0.147. The van der Waals surface area contributed by atoms with Crippen LogP contribution in [0.15, 0.2) is 18.2 Å². The molecule has 0 radical (unpaired) electrons. The molecule has 1 aromatic carbocycles. The van der Waals surface area contributed by atoms with Crippen LogP contribution in [0.1, 0.15) is 23.6 Å². The molecule has 2 nitrogen and oxygen atoms in total. The monoisotopic (exact) mass is 272 g/mol. The third-order valence-corrected chi connectivity index (χ3v) is 3.34. The predicted molar refractivity (Wildman–Crippen MR) is 68.9 cm³/mol.